The molecule has 0 aliphatic carbocycles. The van der Waals surface area contributed by atoms with Gasteiger partial charge in [0.1, 0.15) is 12.6 Å². The van der Waals surface area contributed by atoms with E-state index in [1.54, 1.807) is 0 Å². The van der Waals surface area contributed by atoms with Crippen LogP contribution in [-0.2, 0) is 50.1 Å². The first-order valence-electron chi connectivity index (χ1n) is 16.9. The lowest BCUT2D eigenvalue weighted by atomic mass is 9.90. The summed E-state index contributed by atoms with van der Waals surface area (Å²) in [6, 6.07) is 33.9. The van der Waals surface area contributed by atoms with Gasteiger partial charge in [0, 0.05) is 24.6 Å². The number of likely N-dealkylation sites (tertiary alicyclic amines) is 1. The third-order valence-corrected chi connectivity index (χ3v) is 9.25. The van der Waals surface area contributed by atoms with Crippen LogP contribution in [0.4, 0.5) is 4.79 Å². The number of rotatable bonds is 12. The summed E-state index contributed by atoms with van der Waals surface area (Å²) in [7, 11) is 2.09. The minimum Gasteiger partial charge on any atom is -0.445 e. The summed E-state index contributed by atoms with van der Waals surface area (Å²) in [5.41, 5.74) is 5.44. The first-order valence-corrected chi connectivity index (χ1v) is 16.9. The number of hydrogen-bond acceptors (Lipinski definition) is 8. The van der Waals surface area contributed by atoms with E-state index in [1.165, 1.54) is 5.56 Å². The molecule has 10 heteroatoms. The molecule has 0 bridgehead atoms. The predicted molar refractivity (Wildman–Crippen MR) is 186 cm³/mol. The number of carbonyl (C=O) groups is 3. The van der Waals surface area contributed by atoms with Crippen molar-refractivity contribution in [3.8, 4) is 0 Å². The fraction of sp³-hybridized carbons (Fsp3) is 0.325. The summed E-state index contributed by atoms with van der Waals surface area (Å²) < 4.78 is 18.5. The zero-order valence-corrected chi connectivity index (χ0v) is 28.3. The number of benzene rings is 4. The molecule has 3 amide bonds. The molecule has 260 valence electrons. The Morgan fingerprint density at radius 2 is 1.46 bits per heavy atom. The minimum atomic E-state index is -0.976. The number of nitrogens with zero attached hydrogens (tertiary/aromatic N) is 2. The van der Waals surface area contributed by atoms with E-state index in [1.807, 2.05) is 97.1 Å². The van der Waals surface area contributed by atoms with Crippen molar-refractivity contribution in [2.24, 2.45) is 5.92 Å². The summed E-state index contributed by atoms with van der Waals surface area (Å²) in [5, 5.41) is 12.1. The molecule has 0 radical (unpaired) electrons. The highest BCUT2D eigenvalue weighted by Gasteiger charge is 2.41. The second-order valence-corrected chi connectivity index (χ2v) is 13.0. The Kier molecular flexibility index (Phi) is 11.3. The van der Waals surface area contributed by atoms with E-state index in [0.717, 1.165) is 39.3 Å². The van der Waals surface area contributed by atoms with Gasteiger partial charge in [-0.3, -0.25) is 19.4 Å². The molecule has 4 aromatic rings. The molecule has 2 fully saturated rings. The fourth-order valence-electron chi connectivity index (χ4n) is 6.43. The van der Waals surface area contributed by atoms with Crippen molar-refractivity contribution in [2.75, 3.05) is 13.6 Å². The van der Waals surface area contributed by atoms with Gasteiger partial charge >= 0.3 is 6.09 Å². The molecule has 2 N–H and O–H groups in total. The van der Waals surface area contributed by atoms with E-state index in [4.69, 9.17) is 14.2 Å². The van der Waals surface area contributed by atoms with Crippen LogP contribution in [-0.4, -0.2) is 58.6 Å². The highest BCUT2D eigenvalue weighted by atomic mass is 16.7. The molecule has 5 unspecified atom stereocenters. The van der Waals surface area contributed by atoms with Crippen molar-refractivity contribution in [1.82, 2.24) is 15.1 Å². The maximum Gasteiger partial charge on any atom is 0.408 e. The average molecular weight is 678 g/mol. The molecule has 0 spiro atoms. The number of amides is 3. The lowest BCUT2D eigenvalue weighted by Crippen LogP contribution is -2.43. The summed E-state index contributed by atoms with van der Waals surface area (Å²) in [4.78, 5) is 41.7. The standard InChI is InChI=1S/C40H43N3O7/c1-27-35(24-42(2)22-28-9-5-3-6-10-28)49-39(50-37(27)32-17-15-30(25-44)16-18-32)33-19-13-29(14-20-33)23-43-36(45)21-34(38(43)46)41-40(47)48-26-31-11-7-4-8-12-31/h3-20,27,34-35,37,39,44H,21-26H2,1-2H3,(H,41,47). The van der Waals surface area contributed by atoms with Gasteiger partial charge in [0.25, 0.3) is 5.91 Å². The lowest BCUT2D eigenvalue weighted by Gasteiger charge is -2.42. The number of ether oxygens (including phenoxy) is 3. The lowest BCUT2D eigenvalue weighted by molar-refractivity contribution is -0.276. The van der Waals surface area contributed by atoms with Crippen LogP contribution in [0, 0.1) is 5.92 Å². The molecule has 2 aliphatic heterocycles. The van der Waals surface area contributed by atoms with Crippen LogP contribution in [0.1, 0.15) is 59.1 Å². The smallest absolute Gasteiger partial charge is 0.408 e. The van der Waals surface area contributed by atoms with E-state index in [0.29, 0.717) is 6.54 Å². The average Bonchev–Trinajstić information content (AvgIpc) is 3.39. The molecule has 2 heterocycles. The number of carbonyl (C=O) groups excluding carboxylic acids is 3. The van der Waals surface area contributed by atoms with Crippen molar-refractivity contribution in [3.05, 3.63) is 143 Å². The van der Waals surface area contributed by atoms with Gasteiger partial charge in [-0.1, -0.05) is 116 Å². The van der Waals surface area contributed by atoms with E-state index < -0.39 is 24.3 Å². The van der Waals surface area contributed by atoms with E-state index in [9.17, 15) is 19.5 Å². The quantitative estimate of drug-likeness (QED) is 0.185. The van der Waals surface area contributed by atoms with E-state index in [-0.39, 0.29) is 50.2 Å². The van der Waals surface area contributed by atoms with Gasteiger partial charge in [-0.15, -0.1) is 0 Å². The van der Waals surface area contributed by atoms with E-state index >= 15 is 0 Å². The van der Waals surface area contributed by atoms with Gasteiger partial charge in [0.05, 0.1) is 31.8 Å². The van der Waals surface area contributed by atoms with Crippen LogP contribution >= 0.6 is 0 Å². The van der Waals surface area contributed by atoms with Crippen molar-refractivity contribution in [2.45, 2.75) is 64.2 Å². The number of likely N-dealkylation sites (N-methyl/N-ethyl adjacent to an activating group) is 1. The Bertz CT molecular complexity index is 1730. The number of nitrogens with one attached hydrogen (secondary N) is 1. The van der Waals surface area contributed by atoms with Gasteiger partial charge in [0.15, 0.2) is 6.29 Å². The number of hydrogen-bond donors (Lipinski definition) is 2. The van der Waals surface area contributed by atoms with Gasteiger partial charge in [-0.05, 0) is 34.9 Å². The Balaban J connectivity index is 1.11. The Morgan fingerprint density at radius 3 is 2.12 bits per heavy atom. The maximum atomic E-state index is 13.1. The molecule has 10 nitrogen and oxygen atoms in total. The molecule has 0 aromatic heterocycles. The first-order chi connectivity index (χ1) is 24.3. The van der Waals surface area contributed by atoms with Crippen molar-refractivity contribution >= 4 is 17.9 Å². The molecule has 6 rings (SSSR count). The van der Waals surface area contributed by atoms with Gasteiger partial charge in [0.2, 0.25) is 5.91 Å². The highest BCUT2D eigenvalue weighted by molar-refractivity contribution is 6.06. The van der Waals surface area contributed by atoms with Crippen LogP contribution in [0.15, 0.2) is 109 Å². The van der Waals surface area contributed by atoms with Gasteiger partial charge < -0.3 is 24.6 Å². The molecular weight excluding hydrogens is 634 g/mol. The first kappa shape index (κ1) is 35.0. The van der Waals surface area contributed by atoms with Crippen molar-refractivity contribution in [3.63, 3.8) is 0 Å². The zero-order valence-electron chi connectivity index (χ0n) is 28.3. The molecule has 2 saturated heterocycles. The monoisotopic (exact) mass is 677 g/mol. The Labute approximate surface area is 292 Å². The largest absolute Gasteiger partial charge is 0.445 e. The molecule has 0 saturated carbocycles. The highest BCUT2D eigenvalue weighted by Crippen LogP contribution is 2.42. The number of imide groups is 1. The summed E-state index contributed by atoms with van der Waals surface area (Å²) in [5.74, 6) is -0.799. The second-order valence-electron chi connectivity index (χ2n) is 13.0. The summed E-state index contributed by atoms with van der Waals surface area (Å²) >= 11 is 0. The third kappa shape index (κ3) is 8.64. The molecule has 50 heavy (non-hydrogen) atoms. The van der Waals surface area contributed by atoms with Crippen molar-refractivity contribution in [1.29, 1.82) is 0 Å². The van der Waals surface area contributed by atoms with Crippen LogP contribution in [0.3, 0.4) is 0 Å². The topological polar surface area (TPSA) is 118 Å². The third-order valence-electron chi connectivity index (χ3n) is 9.25. The molecular formula is C40H43N3O7. The molecule has 4 aromatic carbocycles. The van der Waals surface area contributed by atoms with Crippen LogP contribution in [0.5, 0.6) is 0 Å². The summed E-state index contributed by atoms with van der Waals surface area (Å²) in [6.45, 7) is 3.72. The molecule has 2 aliphatic rings. The molecule has 5 atom stereocenters. The van der Waals surface area contributed by atoms with Crippen LogP contribution < -0.4 is 5.32 Å². The normalized spacial score (nSPS) is 22.2. The fourth-order valence-corrected chi connectivity index (χ4v) is 6.43. The summed E-state index contributed by atoms with van der Waals surface area (Å²) in [6.07, 6.45) is -1.92. The van der Waals surface area contributed by atoms with Crippen LogP contribution in [0.2, 0.25) is 0 Å². The van der Waals surface area contributed by atoms with Gasteiger partial charge in [-0.2, -0.15) is 0 Å². The van der Waals surface area contributed by atoms with E-state index in [2.05, 4.69) is 36.3 Å². The zero-order chi connectivity index (χ0) is 35.0. The number of aliphatic hydroxyl groups excluding tert-OH is 1. The van der Waals surface area contributed by atoms with Gasteiger partial charge in [-0.25, -0.2) is 4.79 Å². The second kappa shape index (κ2) is 16.2. The minimum absolute atomic E-state index is 0.0283. The van der Waals surface area contributed by atoms with Crippen molar-refractivity contribution < 1.29 is 33.7 Å². The number of aliphatic hydroxyl groups is 1. The van der Waals surface area contributed by atoms with Crippen LogP contribution in [0.25, 0.3) is 0 Å². The number of alkyl carbamates (subject to hydrolysis) is 1. The SMILES string of the molecule is CC1C(CN(C)Cc2ccccc2)OC(c2ccc(CN3C(=O)CC(NC(=O)OCc4ccccc4)C3=O)cc2)OC1c1ccc(CO)cc1. The Morgan fingerprint density at radius 1 is 0.840 bits per heavy atom. The maximum absolute atomic E-state index is 13.1. The Hall–Kier alpha value is -4.87. The predicted octanol–water partition coefficient (Wildman–Crippen LogP) is 5.66.